The minimum atomic E-state index is 0.171. The normalized spacial score (nSPS) is 27.9. The highest BCUT2D eigenvalue weighted by Crippen LogP contribution is 2.37. The second-order valence-corrected chi connectivity index (χ2v) is 5.78. The quantitative estimate of drug-likeness (QED) is 0.651. The SMILES string of the molecule is COCCCN(CCOC)C1(CN)CCCCC1C. The summed E-state index contributed by atoms with van der Waals surface area (Å²) in [5.74, 6) is 0.672. The van der Waals surface area contributed by atoms with Gasteiger partial charge in [0.15, 0.2) is 0 Å². The molecule has 114 valence electrons. The monoisotopic (exact) mass is 272 g/mol. The summed E-state index contributed by atoms with van der Waals surface area (Å²) in [4.78, 5) is 2.57. The third-order valence-corrected chi connectivity index (χ3v) is 4.74. The van der Waals surface area contributed by atoms with E-state index in [-0.39, 0.29) is 5.54 Å². The van der Waals surface area contributed by atoms with Crippen molar-refractivity contribution in [2.45, 2.75) is 44.6 Å². The molecule has 4 nitrogen and oxygen atoms in total. The summed E-state index contributed by atoms with van der Waals surface area (Å²) in [5, 5.41) is 0. The number of hydrogen-bond acceptors (Lipinski definition) is 4. The number of rotatable bonds is 9. The maximum atomic E-state index is 6.19. The van der Waals surface area contributed by atoms with Crippen molar-refractivity contribution in [3.63, 3.8) is 0 Å². The molecule has 0 heterocycles. The van der Waals surface area contributed by atoms with Gasteiger partial charge in [0.2, 0.25) is 0 Å². The molecular weight excluding hydrogens is 240 g/mol. The lowest BCUT2D eigenvalue weighted by molar-refractivity contribution is -0.00671. The highest BCUT2D eigenvalue weighted by Gasteiger charge is 2.41. The summed E-state index contributed by atoms with van der Waals surface area (Å²) in [5.41, 5.74) is 6.36. The number of nitrogens with zero attached hydrogens (tertiary/aromatic N) is 1. The van der Waals surface area contributed by atoms with Crippen LogP contribution in [0.3, 0.4) is 0 Å². The lowest BCUT2D eigenvalue weighted by Crippen LogP contribution is -2.60. The summed E-state index contributed by atoms with van der Waals surface area (Å²) in [7, 11) is 3.54. The Morgan fingerprint density at radius 3 is 2.47 bits per heavy atom. The summed E-state index contributed by atoms with van der Waals surface area (Å²) in [6, 6.07) is 0. The predicted octanol–water partition coefficient (Wildman–Crippen LogP) is 1.88. The average molecular weight is 272 g/mol. The van der Waals surface area contributed by atoms with E-state index in [2.05, 4.69) is 11.8 Å². The van der Waals surface area contributed by atoms with Crippen LogP contribution >= 0.6 is 0 Å². The van der Waals surface area contributed by atoms with Crippen molar-refractivity contribution in [1.29, 1.82) is 0 Å². The van der Waals surface area contributed by atoms with E-state index in [1.165, 1.54) is 25.7 Å². The van der Waals surface area contributed by atoms with E-state index >= 15 is 0 Å². The molecule has 0 aromatic rings. The van der Waals surface area contributed by atoms with Crippen molar-refractivity contribution in [3.05, 3.63) is 0 Å². The highest BCUT2D eigenvalue weighted by molar-refractivity contribution is 4.98. The molecule has 1 aliphatic carbocycles. The molecule has 1 fully saturated rings. The number of nitrogens with two attached hydrogens (primary N) is 1. The van der Waals surface area contributed by atoms with E-state index in [4.69, 9.17) is 15.2 Å². The number of ether oxygens (including phenoxy) is 2. The van der Waals surface area contributed by atoms with Gasteiger partial charge >= 0.3 is 0 Å². The van der Waals surface area contributed by atoms with Gasteiger partial charge in [0, 0.05) is 46.0 Å². The van der Waals surface area contributed by atoms with Gasteiger partial charge in [-0.3, -0.25) is 4.90 Å². The Morgan fingerprint density at radius 2 is 1.89 bits per heavy atom. The number of methoxy groups -OCH3 is 2. The van der Waals surface area contributed by atoms with Crippen LogP contribution in [0.2, 0.25) is 0 Å². The average Bonchev–Trinajstić information content (AvgIpc) is 2.44. The van der Waals surface area contributed by atoms with E-state index in [0.717, 1.165) is 39.3 Å². The van der Waals surface area contributed by atoms with Crippen LogP contribution in [0.1, 0.15) is 39.0 Å². The smallest absolute Gasteiger partial charge is 0.0589 e. The van der Waals surface area contributed by atoms with Gasteiger partial charge < -0.3 is 15.2 Å². The van der Waals surface area contributed by atoms with Crippen LogP contribution in [-0.4, -0.2) is 57.5 Å². The first kappa shape index (κ1) is 16.9. The number of hydrogen-bond donors (Lipinski definition) is 1. The lowest BCUT2D eigenvalue weighted by Gasteiger charge is -2.50. The summed E-state index contributed by atoms with van der Waals surface area (Å²) < 4.78 is 10.5. The van der Waals surface area contributed by atoms with Gasteiger partial charge in [0.05, 0.1) is 6.61 Å². The van der Waals surface area contributed by atoms with Crippen LogP contribution in [0.25, 0.3) is 0 Å². The van der Waals surface area contributed by atoms with Gasteiger partial charge in [-0.1, -0.05) is 19.8 Å². The molecule has 0 aliphatic heterocycles. The van der Waals surface area contributed by atoms with Crippen LogP contribution in [-0.2, 0) is 9.47 Å². The van der Waals surface area contributed by atoms with Gasteiger partial charge in [0.1, 0.15) is 0 Å². The fourth-order valence-electron chi connectivity index (χ4n) is 3.46. The second kappa shape index (κ2) is 8.90. The van der Waals surface area contributed by atoms with Gasteiger partial charge in [-0.05, 0) is 25.2 Å². The van der Waals surface area contributed by atoms with E-state index in [1.54, 1.807) is 14.2 Å². The summed E-state index contributed by atoms with van der Waals surface area (Å²) >= 11 is 0. The molecule has 2 atom stereocenters. The lowest BCUT2D eigenvalue weighted by atomic mass is 9.72. The summed E-state index contributed by atoms with van der Waals surface area (Å²) in [6.07, 6.45) is 6.23. The second-order valence-electron chi connectivity index (χ2n) is 5.78. The third kappa shape index (κ3) is 4.42. The van der Waals surface area contributed by atoms with E-state index < -0.39 is 0 Å². The maximum absolute atomic E-state index is 6.19. The van der Waals surface area contributed by atoms with Crippen molar-refractivity contribution in [2.24, 2.45) is 11.7 Å². The van der Waals surface area contributed by atoms with Crippen molar-refractivity contribution >= 4 is 0 Å². The minimum absolute atomic E-state index is 0.171. The van der Waals surface area contributed by atoms with E-state index in [1.807, 2.05) is 0 Å². The Bertz CT molecular complexity index is 238. The molecule has 1 saturated carbocycles. The molecule has 0 amide bonds. The van der Waals surface area contributed by atoms with E-state index in [9.17, 15) is 0 Å². The van der Waals surface area contributed by atoms with Crippen molar-refractivity contribution in [3.8, 4) is 0 Å². The molecule has 2 N–H and O–H groups in total. The largest absolute Gasteiger partial charge is 0.385 e. The Kier molecular flexibility index (Phi) is 7.91. The van der Waals surface area contributed by atoms with Gasteiger partial charge in [0.25, 0.3) is 0 Å². The zero-order chi connectivity index (χ0) is 14.1. The van der Waals surface area contributed by atoms with Crippen LogP contribution in [0.15, 0.2) is 0 Å². The molecule has 0 radical (unpaired) electrons. The molecule has 0 aromatic carbocycles. The van der Waals surface area contributed by atoms with Gasteiger partial charge in [-0.25, -0.2) is 0 Å². The van der Waals surface area contributed by atoms with Crippen molar-refractivity contribution in [1.82, 2.24) is 4.90 Å². The highest BCUT2D eigenvalue weighted by atomic mass is 16.5. The van der Waals surface area contributed by atoms with Gasteiger partial charge in [-0.2, -0.15) is 0 Å². The Hall–Kier alpha value is -0.160. The maximum Gasteiger partial charge on any atom is 0.0589 e. The zero-order valence-corrected chi connectivity index (χ0v) is 13.0. The first-order chi connectivity index (χ1) is 9.21. The van der Waals surface area contributed by atoms with Crippen LogP contribution in [0, 0.1) is 5.92 Å². The fraction of sp³-hybridized carbons (Fsp3) is 1.00. The Labute approximate surface area is 118 Å². The molecule has 0 saturated heterocycles. The standard InChI is InChI=1S/C15H32N2O2/c1-14-7-4-5-8-15(14,13-16)17(10-12-19-3)9-6-11-18-2/h14H,4-13,16H2,1-3H3. The van der Waals surface area contributed by atoms with E-state index in [0.29, 0.717) is 5.92 Å². The molecule has 0 aromatic heterocycles. The van der Waals surface area contributed by atoms with Crippen LogP contribution in [0.4, 0.5) is 0 Å². The zero-order valence-electron chi connectivity index (χ0n) is 13.0. The first-order valence-electron chi connectivity index (χ1n) is 7.64. The molecule has 1 aliphatic rings. The topological polar surface area (TPSA) is 47.7 Å². The van der Waals surface area contributed by atoms with Crippen molar-refractivity contribution < 1.29 is 9.47 Å². The molecule has 19 heavy (non-hydrogen) atoms. The summed E-state index contributed by atoms with van der Waals surface area (Å²) in [6.45, 7) is 6.74. The molecule has 2 unspecified atom stereocenters. The third-order valence-electron chi connectivity index (χ3n) is 4.74. The first-order valence-corrected chi connectivity index (χ1v) is 7.64. The van der Waals surface area contributed by atoms with Crippen LogP contribution < -0.4 is 5.73 Å². The molecule has 1 rings (SSSR count). The minimum Gasteiger partial charge on any atom is -0.385 e. The fourth-order valence-corrected chi connectivity index (χ4v) is 3.46. The Morgan fingerprint density at radius 1 is 1.16 bits per heavy atom. The van der Waals surface area contributed by atoms with Crippen molar-refractivity contribution in [2.75, 3.05) is 47.1 Å². The molecule has 4 heteroatoms. The van der Waals surface area contributed by atoms with Crippen LogP contribution in [0.5, 0.6) is 0 Å². The molecule has 0 bridgehead atoms. The predicted molar refractivity (Wildman–Crippen MR) is 79.4 cm³/mol. The Balaban J connectivity index is 2.71. The molecular formula is C15H32N2O2. The molecule has 0 spiro atoms. The van der Waals surface area contributed by atoms with Gasteiger partial charge in [-0.15, -0.1) is 0 Å².